The molecule has 3 aromatic heterocycles. The number of carboxylic acids is 2. The highest BCUT2D eigenvalue weighted by Gasteiger charge is 2.39. The highest BCUT2D eigenvalue weighted by molar-refractivity contribution is 5.92. The van der Waals surface area contributed by atoms with Crippen LogP contribution in [0.1, 0.15) is 22.3 Å². The zero-order valence-corrected chi connectivity index (χ0v) is 23.9. The van der Waals surface area contributed by atoms with E-state index in [1.54, 1.807) is 36.0 Å². The number of morpholine rings is 1. The van der Waals surface area contributed by atoms with Crippen LogP contribution >= 0.6 is 0 Å². The molecule has 4 aromatic rings. The summed E-state index contributed by atoms with van der Waals surface area (Å²) in [6.07, 6.45) is -6.87. The van der Waals surface area contributed by atoms with E-state index < -0.39 is 24.3 Å². The number of nitrogens with one attached hydrogen (secondary N) is 1. The Kier molecular flexibility index (Phi) is 11.2. The molecule has 1 fully saturated rings. The van der Waals surface area contributed by atoms with Gasteiger partial charge >= 0.3 is 24.3 Å². The smallest absolute Gasteiger partial charge is 0.490 e. The fourth-order valence-electron chi connectivity index (χ4n) is 3.87. The summed E-state index contributed by atoms with van der Waals surface area (Å²) in [4.78, 5) is 37.3. The Hall–Kier alpha value is -5.33. The van der Waals surface area contributed by atoms with E-state index in [0.717, 1.165) is 28.6 Å². The van der Waals surface area contributed by atoms with Gasteiger partial charge in [-0.05, 0) is 42.5 Å². The van der Waals surface area contributed by atoms with E-state index in [4.69, 9.17) is 34.3 Å². The number of hydrogen-bond donors (Lipinski definition) is 3. The summed E-state index contributed by atoms with van der Waals surface area (Å²) < 4.78 is 78.3. The third kappa shape index (κ3) is 9.34. The SMILES string of the molecule is COc1ccc(Nc2cccc3nc(C4CN(C(=O)c5ccnn5C)CCO4)cn23)cc1.O=C(O)C(F)(F)F.O=C(O)C(F)(F)F. The van der Waals surface area contributed by atoms with Gasteiger partial charge in [-0.15, -0.1) is 0 Å². The molecule has 0 aliphatic carbocycles. The van der Waals surface area contributed by atoms with Crippen LogP contribution in [0.3, 0.4) is 0 Å². The van der Waals surface area contributed by atoms with Gasteiger partial charge in [0.15, 0.2) is 0 Å². The zero-order valence-electron chi connectivity index (χ0n) is 23.9. The fraction of sp³-hybridized carbons (Fsp3) is 0.296. The first-order valence-corrected chi connectivity index (χ1v) is 12.9. The van der Waals surface area contributed by atoms with Crippen molar-refractivity contribution in [3.63, 3.8) is 0 Å². The number of ether oxygens (including phenoxy) is 2. The van der Waals surface area contributed by atoms with Crippen molar-refractivity contribution in [2.24, 2.45) is 7.05 Å². The van der Waals surface area contributed by atoms with Crippen LogP contribution in [-0.2, 0) is 21.4 Å². The number of benzene rings is 1. The highest BCUT2D eigenvalue weighted by atomic mass is 19.4. The number of nitrogens with zero attached hydrogens (tertiary/aromatic N) is 5. The van der Waals surface area contributed by atoms with E-state index in [0.29, 0.717) is 25.4 Å². The third-order valence-electron chi connectivity index (χ3n) is 6.08. The normalized spacial score (nSPS) is 14.8. The summed E-state index contributed by atoms with van der Waals surface area (Å²) >= 11 is 0. The lowest BCUT2D eigenvalue weighted by Crippen LogP contribution is -2.43. The van der Waals surface area contributed by atoms with Crippen molar-refractivity contribution in [2.75, 3.05) is 32.1 Å². The molecule has 46 heavy (non-hydrogen) atoms. The molecule has 1 atom stereocenters. The van der Waals surface area contributed by atoms with E-state index in [-0.39, 0.29) is 12.0 Å². The molecule has 1 unspecified atom stereocenters. The Morgan fingerprint density at radius 1 is 0.978 bits per heavy atom. The van der Waals surface area contributed by atoms with E-state index >= 15 is 0 Å². The monoisotopic (exact) mass is 660 g/mol. The number of carboxylic acid groups (broad SMARTS) is 2. The molecule has 5 rings (SSSR count). The van der Waals surface area contributed by atoms with Gasteiger partial charge in [-0.2, -0.15) is 31.4 Å². The lowest BCUT2D eigenvalue weighted by Gasteiger charge is -2.32. The minimum absolute atomic E-state index is 0.0519. The first-order chi connectivity index (χ1) is 21.5. The van der Waals surface area contributed by atoms with Crippen molar-refractivity contribution in [1.29, 1.82) is 0 Å². The van der Waals surface area contributed by atoms with Crippen molar-refractivity contribution in [1.82, 2.24) is 24.1 Å². The molecule has 1 amide bonds. The number of halogens is 6. The first-order valence-electron chi connectivity index (χ1n) is 12.9. The van der Waals surface area contributed by atoms with Gasteiger partial charge in [0.1, 0.15) is 29.0 Å². The molecule has 3 N–H and O–H groups in total. The molecule has 4 heterocycles. The number of amides is 1. The van der Waals surface area contributed by atoms with Crippen molar-refractivity contribution in [3.8, 4) is 5.75 Å². The number of rotatable bonds is 5. The number of aryl methyl sites for hydroxylation is 1. The lowest BCUT2D eigenvalue weighted by molar-refractivity contribution is -0.193. The van der Waals surface area contributed by atoms with Crippen LogP contribution in [0.25, 0.3) is 5.65 Å². The van der Waals surface area contributed by atoms with Gasteiger partial charge in [-0.25, -0.2) is 14.6 Å². The van der Waals surface area contributed by atoms with Crippen molar-refractivity contribution in [2.45, 2.75) is 18.5 Å². The van der Waals surface area contributed by atoms with E-state index in [1.807, 2.05) is 53.1 Å². The summed E-state index contributed by atoms with van der Waals surface area (Å²) in [5, 5.41) is 21.8. The number of methoxy groups -OCH3 is 1. The average Bonchev–Trinajstić information content (AvgIpc) is 3.64. The largest absolute Gasteiger partial charge is 0.497 e. The second kappa shape index (κ2) is 14.6. The maximum Gasteiger partial charge on any atom is 0.490 e. The van der Waals surface area contributed by atoms with Gasteiger partial charge in [0, 0.05) is 31.7 Å². The Morgan fingerprint density at radius 2 is 1.59 bits per heavy atom. The van der Waals surface area contributed by atoms with E-state index in [9.17, 15) is 31.1 Å². The van der Waals surface area contributed by atoms with Gasteiger partial charge in [-0.1, -0.05) is 6.07 Å². The predicted molar refractivity (Wildman–Crippen MR) is 147 cm³/mol. The number of pyridine rings is 1. The quantitative estimate of drug-likeness (QED) is 0.264. The summed E-state index contributed by atoms with van der Waals surface area (Å²) in [6.45, 7) is 1.44. The highest BCUT2D eigenvalue weighted by Crippen LogP contribution is 2.26. The van der Waals surface area contributed by atoms with E-state index in [2.05, 4.69) is 10.4 Å². The lowest BCUT2D eigenvalue weighted by atomic mass is 10.2. The van der Waals surface area contributed by atoms with Gasteiger partial charge < -0.3 is 29.9 Å². The van der Waals surface area contributed by atoms with Crippen LogP contribution in [0, 0.1) is 0 Å². The van der Waals surface area contributed by atoms with Crippen LogP contribution in [-0.4, -0.2) is 91.3 Å². The molecule has 1 aromatic carbocycles. The molecular formula is C27H26F6N6O7. The van der Waals surface area contributed by atoms with Gasteiger partial charge in [0.05, 0.1) is 26.0 Å². The Morgan fingerprint density at radius 3 is 2.11 bits per heavy atom. The van der Waals surface area contributed by atoms with Crippen LogP contribution in [0.5, 0.6) is 5.75 Å². The van der Waals surface area contributed by atoms with Gasteiger partial charge in [0.25, 0.3) is 5.91 Å². The summed E-state index contributed by atoms with van der Waals surface area (Å²) in [7, 11) is 3.42. The number of imidazole rings is 1. The molecule has 1 aliphatic rings. The van der Waals surface area contributed by atoms with Crippen molar-refractivity contribution >= 4 is 35.0 Å². The molecule has 0 bridgehead atoms. The van der Waals surface area contributed by atoms with Crippen LogP contribution in [0.2, 0.25) is 0 Å². The second-order valence-corrected chi connectivity index (χ2v) is 9.21. The maximum absolute atomic E-state index is 12.9. The number of aromatic nitrogens is 4. The topological polar surface area (TPSA) is 161 Å². The second-order valence-electron chi connectivity index (χ2n) is 9.21. The molecule has 248 valence electrons. The van der Waals surface area contributed by atoms with Crippen molar-refractivity contribution in [3.05, 3.63) is 72.3 Å². The van der Waals surface area contributed by atoms with Crippen LogP contribution in [0.15, 0.2) is 60.9 Å². The molecule has 1 saturated heterocycles. The molecule has 1 aliphatic heterocycles. The van der Waals surface area contributed by atoms with Crippen LogP contribution < -0.4 is 10.1 Å². The maximum atomic E-state index is 12.9. The standard InChI is InChI=1S/C23H24N6O3.2C2HF3O2/c1-27-19(10-11-24-27)23(30)28-12-13-32-20(15-28)18-14-29-21(4-3-5-22(29)26-18)25-16-6-8-17(31-2)9-7-16;2*3-2(4,5)1(6)7/h3-11,14,20,25H,12-13,15H2,1-2H3;2*(H,6,7). The minimum atomic E-state index is -5.08. The number of alkyl halides is 6. The molecule has 0 radical (unpaired) electrons. The van der Waals surface area contributed by atoms with Gasteiger partial charge in [-0.3, -0.25) is 13.9 Å². The Balaban J connectivity index is 0.000000345. The number of fused-ring (bicyclic) bond motifs is 1. The van der Waals surface area contributed by atoms with Crippen molar-refractivity contribution < 1.29 is 60.4 Å². The average molecular weight is 661 g/mol. The Bertz CT molecular complexity index is 1630. The summed E-state index contributed by atoms with van der Waals surface area (Å²) in [5.74, 6) is -3.88. The molecular weight excluding hydrogens is 634 g/mol. The molecule has 0 spiro atoms. The number of anilines is 2. The number of carbonyl (C=O) groups is 3. The zero-order chi connectivity index (χ0) is 34.2. The number of aliphatic carboxylic acids is 2. The molecule has 13 nitrogen and oxygen atoms in total. The van der Waals surface area contributed by atoms with E-state index in [1.165, 1.54) is 0 Å². The molecule has 0 saturated carbocycles. The third-order valence-corrected chi connectivity index (χ3v) is 6.08. The first kappa shape index (κ1) is 35.2. The number of hydrogen-bond acceptors (Lipinski definition) is 8. The van der Waals surface area contributed by atoms with Crippen LogP contribution in [0.4, 0.5) is 37.8 Å². The number of carbonyl (C=O) groups excluding carboxylic acids is 1. The fourth-order valence-corrected chi connectivity index (χ4v) is 3.87. The van der Waals surface area contributed by atoms with Gasteiger partial charge in [0.2, 0.25) is 0 Å². The summed E-state index contributed by atoms with van der Waals surface area (Å²) in [5.41, 5.74) is 3.09. The molecule has 19 heteroatoms. The summed E-state index contributed by atoms with van der Waals surface area (Å²) in [6, 6.07) is 15.4. The predicted octanol–water partition coefficient (Wildman–Crippen LogP) is 4.30. The Labute approximate surface area is 255 Å². The minimum Gasteiger partial charge on any atom is -0.497 e.